The number of benzene rings is 2. The number of aromatic nitrogens is 5. The van der Waals surface area contributed by atoms with Gasteiger partial charge < -0.3 is 15.4 Å². The molecule has 1 unspecified atom stereocenters. The topological polar surface area (TPSA) is 136 Å². The number of halogens is 4. The smallest absolute Gasteiger partial charge is 0.335 e. The number of pyridine rings is 1. The van der Waals surface area contributed by atoms with E-state index in [4.69, 9.17) is 4.74 Å². The van der Waals surface area contributed by atoms with E-state index in [9.17, 15) is 27.6 Å². The summed E-state index contributed by atoms with van der Waals surface area (Å²) in [5.41, 5.74) is -1.77. The molecule has 2 aromatic carbocycles. The van der Waals surface area contributed by atoms with Crippen molar-refractivity contribution in [2.45, 2.75) is 45.7 Å². The van der Waals surface area contributed by atoms with Crippen LogP contribution >= 0.6 is 0 Å². The molecule has 0 aliphatic heterocycles. The number of nitrogens with one attached hydrogen (secondary N) is 3. The lowest BCUT2D eigenvalue weighted by molar-refractivity contribution is 0.102. The largest absolute Gasteiger partial charge is 0.453 e. The number of rotatable bonds is 10. The summed E-state index contributed by atoms with van der Waals surface area (Å²) in [4.78, 5) is 43.7. The minimum atomic E-state index is -2.53. The number of fused-ring (bicyclic) bond motifs is 1. The average Bonchev–Trinajstić information content (AvgIpc) is 3.38. The minimum Gasteiger partial charge on any atom is -0.453 e. The Morgan fingerprint density at radius 2 is 1.76 bits per heavy atom. The van der Waals surface area contributed by atoms with Gasteiger partial charge in [-0.2, -0.15) is 5.10 Å². The summed E-state index contributed by atoms with van der Waals surface area (Å²) in [5.74, 6) is -2.28. The Balaban J connectivity index is 1.42. The van der Waals surface area contributed by atoms with Gasteiger partial charge in [-0.3, -0.25) is 19.3 Å². The summed E-state index contributed by atoms with van der Waals surface area (Å²) in [6, 6.07) is 8.56. The highest BCUT2D eigenvalue weighted by Gasteiger charge is 2.22. The first-order valence-corrected chi connectivity index (χ1v) is 13.7. The van der Waals surface area contributed by atoms with Crippen molar-refractivity contribution in [1.29, 1.82) is 0 Å². The summed E-state index contributed by atoms with van der Waals surface area (Å²) in [5, 5.41) is 12.4. The minimum absolute atomic E-state index is 0.0220. The number of carbonyl (C=O) groups excluding carboxylic acids is 1. The number of amides is 1. The van der Waals surface area contributed by atoms with Crippen molar-refractivity contribution in [3.8, 4) is 17.2 Å². The zero-order chi connectivity index (χ0) is 32.4. The average molecular weight is 626 g/mol. The number of anilines is 2. The van der Waals surface area contributed by atoms with Crippen LogP contribution in [0.25, 0.3) is 16.7 Å². The highest BCUT2D eigenvalue weighted by molar-refractivity contribution is 6.04. The Morgan fingerprint density at radius 3 is 2.42 bits per heavy atom. The second kappa shape index (κ2) is 12.6. The lowest BCUT2D eigenvalue weighted by atomic mass is 10.2. The van der Waals surface area contributed by atoms with Gasteiger partial charge in [0.15, 0.2) is 23.0 Å². The lowest BCUT2D eigenvalue weighted by Crippen LogP contribution is -2.42. The molecule has 3 heterocycles. The van der Waals surface area contributed by atoms with E-state index in [1.165, 1.54) is 41.1 Å². The summed E-state index contributed by atoms with van der Waals surface area (Å²) in [7, 11) is 0. The summed E-state index contributed by atoms with van der Waals surface area (Å²) < 4.78 is 62.1. The van der Waals surface area contributed by atoms with Gasteiger partial charge in [-0.15, -0.1) is 0 Å². The fraction of sp³-hybridized carbons (Fsp3) is 0.233. The van der Waals surface area contributed by atoms with Crippen molar-refractivity contribution in [3.63, 3.8) is 0 Å². The Bertz CT molecular complexity index is 1990. The molecule has 5 aromatic rings. The first-order chi connectivity index (χ1) is 21.4. The monoisotopic (exact) mass is 625 g/mol. The van der Waals surface area contributed by atoms with Crippen molar-refractivity contribution >= 4 is 28.4 Å². The van der Waals surface area contributed by atoms with Crippen LogP contribution in [0.5, 0.6) is 11.5 Å². The van der Waals surface area contributed by atoms with Crippen molar-refractivity contribution in [1.82, 2.24) is 24.3 Å². The summed E-state index contributed by atoms with van der Waals surface area (Å²) in [6.07, 6.45) is -0.446. The van der Waals surface area contributed by atoms with Crippen molar-refractivity contribution in [3.05, 3.63) is 99.0 Å². The van der Waals surface area contributed by atoms with E-state index in [1.807, 2.05) is 0 Å². The van der Waals surface area contributed by atoms with Gasteiger partial charge in [0.25, 0.3) is 11.5 Å². The number of ether oxygens (including phenoxy) is 1. The molecule has 11 nitrogen and oxygen atoms in total. The Morgan fingerprint density at radius 1 is 1.02 bits per heavy atom. The van der Waals surface area contributed by atoms with Gasteiger partial charge in [-0.1, -0.05) is 0 Å². The molecular weight excluding hydrogens is 598 g/mol. The maximum Gasteiger partial charge on any atom is 0.335 e. The van der Waals surface area contributed by atoms with Crippen molar-refractivity contribution < 1.29 is 27.1 Å². The predicted molar refractivity (Wildman–Crippen MR) is 159 cm³/mol. The van der Waals surface area contributed by atoms with E-state index >= 15 is 4.39 Å². The van der Waals surface area contributed by atoms with Gasteiger partial charge in [-0.25, -0.2) is 31.9 Å². The van der Waals surface area contributed by atoms with Gasteiger partial charge >= 0.3 is 5.69 Å². The molecule has 234 valence electrons. The van der Waals surface area contributed by atoms with E-state index in [0.29, 0.717) is 5.39 Å². The molecule has 5 rings (SSSR count). The van der Waals surface area contributed by atoms with E-state index in [-0.39, 0.29) is 34.3 Å². The molecule has 3 aromatic heterocycles. The molecule has 0 spiro atoms. The van der Waals surface area contributed by atoms with Crippen LogP contribution < -0.4 is 26.6 Å². The molecule has 0 bridgehead atoms. The van der Waals surface area contributed by atoms with Crippen molar-refractivity contribution in [2.24, 2.45) is 0 Å². The molecule has 0 aliphatic carbocycles. The molecule has 0 aliphatic rings. The van der Waals surface area contributed by atoms with Crippen LogP contribution in [0.1, 0.15) is 43.6 Å². The van der Waals surface area contributed by atoms with Gasteiger partial charge in [0.2, 0.25) is 6.43 Å². The second-order valence-corrected chi connectivity index (χ2v) is 10.4. The molecule has 3 N–H and O–H groups in total. The SMILES string of the molecule is CC(CC(F)F)Nc1n[nH]c2nccc(Oc3ccc(NC(=O)c4cn(C(C)C)c(=O)n(-c5ccc(F)cc5)c4=O)cc3F)c12. The third kappa shape index (κ3) is 6.56. The molecule has 0 saturated heterocycles. The zero-order valence-electron chi connectivity index (χ0n) is 24.1. The van der Waals surface area contributed by atoms with Crippen LogP contribution in [0.3, 0.4) is 0 Å². The zero-order valence-corrected chi connectivity index (χ0v) is 24.1. The number of carbonyl (C=O) groups is 1. The van der Waals surface area contributed by atoms with E-state index in [0.717, 1.165) is 29.0 Å². The quantitative estimate of drug-likeness (QED) is 0.171. The Hall–Kier alpha value is -5.47. The number of alkyl halides is 2. The number of hydrogen-bond donors (Lipinski definition) is 3. The van der Waals surface area contributed by atoms with E-state index < -0.39 is 59.3 Å². The van der Waals surface area contributed by atoms with Crippen LogP contribution in [-0.2, 0) is 0 Å². The number of nitrogens with zero attached hydrogens (tertiary/aromatic N) is 4. The fourth-order valence-electron chi connectivity index (χ4n) is 4.57. The van der Waals surface area contributed by atoms with Gasteiger partial charge in [0.05, 0.1) is 5.69 Å². The van der Waals surface area contributed by atoms with Crippen molar-refractivity contribution in [2.75, 3.05) is 10.6 Å². The summed E-state index contributed by atoms with van der Waals surface area (Å²) >= 11 is 0. The molecule has 1 atom stereocenters. The third-order valence-electron chi connectivity index (χ3n) is 6.75. The molecule has 0 fully saturated rings. The second-order valence-electron chi connectivity index (χ2n) is 10.4. The maximum atomic E-state index is 15.2. The van der Waals surface area contributed by atoms with Crippen LogP contribution in [0, 0.1) is 11.6 Å². The van der Waals surface area contributed by atoms with Crippen LogP contribution in [0.4, 0.5) is 29.1 Å². The van der Waals surface area contributed by atoms with Gasteiger partial charge in [-0.05, 0) is 57.2 Å². The Kier molecular flexibility index (Phi) is 8.70. The van der Waals surface area contributed by atoms with Gasteiger partial charge in [0, 0.05) is 48.7 Å². The van der Waals surface area contributed by atoms with Crippen LogP contribution in [0.2, 0.25) is 0 Å². The van der Waals surface area contributed by atoms with E-state index in [1.54, 1.807) is 20.8 Å². The normalized spacial score (nSPS) is 12.1. The third-order valence-corrected chi connectivity index (χ3v) is 6.75. The fourth-order valence-corrected chi connectivity index (χ4v) is 4.57. The highest BCUT2D eigenvalue weighted by atomic mass is 19.3. The molecule has 15 heteroatoms. The lowest BCUT2D eigenvalue weighted by Gasteiger charge is -2.16. The van der Waals surface area contributed by atoms with E-state index in [2.05, 4.69) is 25.8 Å². The predicted octanol–water partition coefficient (Wildman–Crippen LogP) is 5.63. The molecular formula is C30H27F4N7O4. The molecule has 45 heavy (non-hydrogen) atoms. The highest BCUT2D eigenvalue weighted by Crippen LogP contribution is 2.35. The summed E-state index contributed by atoms with van der Waals surface area (Å²) in [6.45, 7) is 4.92. The molecule has 1 amide bonds. The Labute approximate surface area is 252 Å². The first-order valence-electron chi connectivity index (χ1n) is 13.7. The first kappa shape index (κ1) is 31.0. The molecule has 0 radical (unpaired) electrons. The maximum absolute atomic E-state index is 15.2. The van der Waals surface area contributed by atoms with Crippen LogP contribution in [0.15, 0.2) is 70.5 Å². The van der Waals surface area contributed by atoms with Gasteiger partial charge in [0.1, 0.15) is 22.5 Å². The number of hydrogen-bond acceptors (Lipinski definition) is 7. The standard InChI is InChI=1S/C30H27F4N7O4/c1-15(2)40-14-20(29(43)41(30(40)44)19-7-4-17(31)5-8-19)28(42)37-18-6-9-22(21(32)13-18)45-23-10-11-35-26-25(23)27(39-38-26)36-16(3)12-24(33)34/h4-11,13-16,24H,12H2,1-3H3,(H,37,42)(H2,35,36,38,39). The number of H-pyrrole nitrogens is 1. The molecule has 0 saturated carbocycles. The van der Waals surface area contributed by atoms with Crippen LogP contribution in [-0.4, -0.2) is 42.7 Å². The number of aromatic amines is 1.